The van der Waals surface area contributed by atoms with E-state index < -0.39 is 5.97 Å². The molecule has 1 heterocycles. The molecule has 72 valence electrons. The number of nitrogens with zero attached hydrogens (tertiary/aromatic N) is 2. The minimum Gasteiger partial charge on any atom is -0.477 e. The number of aryl methyl sites for hydroxylation is 1. The van der Waals surface area contributed by atoms with Gasteiger partial charge in [-0.25, -0.2) is 4.79 Å². The molecule has 0 aromatic carbocycles. The molecule has 1 aliphatic carbocycles. The zero-order valence-corrected chi connectivity index (χ0v) is 8.04. The predicted molar refractivity (Wildman–Crippen MR) is 49.4 cm³/mol. The molecule has 2 rings (SSSR count). The third-order valence-electron chi connectivity index (χ3n) is 2.11. The van der Waals surface area contributed by atoms with E-state index in [4.69, 9.17) is 5.11 Å². The summed E-state index contributed by atoms with van der Waals surface area (Å²) in [5.74, 6) is -0.388. The Balaban J connectivity index is 0.000000845. The van der Waals surface area contributed by atoms with Crippen molar-refractivity contribution in [3.05, 3.63) is 17.5 Å². The van der Waals surface area contributed by atoms with Crippen LogP contribution in [0.1, 0.15) is 34.9 Å². The molecule has 1 saturated carbocycles. The van der Waals surface area contributed by atoms with E-state index in [2.05, 4.69) is 5.10 Å². The van der Waals surface area contributed by atoms with Crippen molar-refractivity contribution >= 4 is 18.4 Å². The molecule has 0 saturated heterocycles. The Morgan fingerprint density at radius 3 is 2.69 bits per heavy atom. The molecular weight excluding hydrogens is 192 g/mol. The van der Waals surface area contributed by atoms with E-state index in [1.165, 1.54) is 4.68 Å². The maximum absolute atomic E-state index is 10.6. The fraction of sp³-hybridized carbons (Fsp3) is 0.500. The standard InChI is InChI=1S/C8H10N2O2.ClH/c1-10-7(8(11)12)4-6(9-10)5-2-3-5;/h4-5H,2-3H2,1H3,(H,11,12);1H. The maximum Gasteiger partial charge on any atom is 0.354 e. The van der Waals surface area contributed by atoms with Gasteiger partial charge in [0, 0.05) is 13.0 Å². The monoisotopic (exact) mass is 202 g/mol. The largest absolute Gasteiger partial charge is 0.477 e. The molecule has 1 fully saturated rings. The highest BCUT2D eigenvalue weighted by molar-refractivity contribution is 5.86. The lowest BCUT2D eigenvalue weighted by molar-refractivity contribution is 0.0685. The summed E-state index contributed by atoms with van der Waals surface area (Å²) in [5.41, 5.74) is 1.20. The van der Waals surface area contributed by atoms with E-state index in [0.717, 1.165) is 18.5 Å². The highest BCUT2D eigenvalue weighted by atomic mass is 35.5. The normalized spacial score (nSPS) is 15.2. The smallest absolute Gasteiger partial charge is 0.354 e. The second-order valence-corrected chi connectivity index (χ2v) is 3.16. The molecule has 1 aliphatic rings. The molecule has 0 atom stereocenters. The molecule has 1 aromatic heterocycles. The topological polar surface area (TPSA) is 55.1 Å². The molecule has 4 nitrogen and oxygen atoms in total. The summed E-state index contributed by atoms with van der Waals surface area (Å²) in [7, 11) is 1.66. The van der Waals surface area contributed by atoms with E-state index in [0.29, 0.717) is 5.92 Å². The van der Waals surface area contributed by atoms with Crippen LogP contribution in [0.4, 0.5) is 0 Å². The van der Waals surface area contributed by atoms with Crippen molar-refractivity contribution in [2.75, 3.05) is 0 Å². The van der Waals surface area contributed by atoms with Gasteiger partial charge in [0.1, 0.15) is 5.69 Å². The molecule has 0 aliphatic heterocycles. The van der Waals surface area contributed by atoms with Crippen LogP contribution in [0.25, 0.3) is 0 Å². The van der Waals surface area contributed by atoms with Crippen LogP contribution in [-0.2, 0) is 7.05 Å². The van der Waals surface area contributed by atoms with Crippen molar-refractivity contribution in [1.29, 1.82) is 0 Å². The number of rotatable bonds is 2. The number of aromatic carboxylic acids is 1. The molecule has 0 spiro atoms. The molecule has 1 N–H and O–H groups in total. The molecule has 0 bridgehead atoms. The van der Waals surface area contributed by atoms with Crippen LogP contribution in [0.3, 0.4) is 0 Å². The van der Waals surface area contributed by atoms with Gasteiger partial charge >= 0.3 is 5.97 Å². The van der Waals surface area contributed by atoms with Crippen molar-refractivity contribution in [3.63, 3.8) is 0 Å². The third kappa shape index (κ3) is 1.83. The summed E-state index contributed by atoms with van der Waals surface area (Å²) in [6.45, 7) is 0. The van der Waals surface area contributed by atoms with Crippen molar-refractivity contribution in [2.45, 2.75) is 18.8 Å². The predicted octanol–water partition coefficient (Wildman–Crippen LogP) is 1.42. The maximum atomic E-state index is 10.6. The van der Waals surface area contributed by atoms with Crippen molar-refractivity contribution in [1.82, 2.24) is 9.78 Å². The van der Waals surface area contributed by atoms with Crippen LogP contribution in [-0.4, -0.2) is 20.9 Å². The highest BCUT2D eigenvalue weighted by Gasteiger charge is 2.27. The first kappa shape index (κ1) is 10.1. The summed E-state index contributed by atoms with van der Waals surface area (Å²) >= 11 is 0. The fourth-order valence-corrected chi connectivity index (χ4v) is 1.27. The van der Waals surface area contributed by atoms with Gasteiger partial charge in [-0.2, -0.15) is 5.10 Å². The average molecular weight is 203 g/mol. The second kappa shape index (κ2) is 3.38. The van der Waals surface area contributed by atoms with Crippen molar-refractivity contribution in [2.24, 2.45) is 7.05 Å². The van der Waals surface area contributed by atoms with Crippen LogP contribution in [0.15, 0.2) is 6.07 Å². The highest BCUT2D eigenvalue weighted by Crippen LogP contribution is 2.39. The van der Waals surface area contributed by atoms with Crippen LogP contribution < -0.4 is 0 Å². The molecule has 0 amide bonds. The van der Waals surface area contributed by atoms with E-state index >= 15 is 0 Å². The second-order valence-electron chi connectivity index (χ2n) is 3.16. The Kier molecular flexibility index (Phi) is 2.61. The zero-order valence-electron chi connectivity index (χ0n) is 7.23. The lowest BCUT2D eigenvalue weighted by Crippen LogP contribution is -2.04. The number of carboxylic acid groups (broad SMARTS) is 1. The molecule has 1 aromatic rings. The first-order chi connectivity index (χ1) is 5.68. The van der Waals surface area contributed by atoms with Crippen LogP contribution >= 0.6 is 12.4 Å². The number of carboxylic acids is 1. The molecule has 0 unspecified atom stereocenters. The van der Waals surface area contributed by atoms with Gasteiger partial charge in [-0.1, -0.05) is 0 Å². The molecule has 13 heavy (non-hydrogen) atoms. The van der Waals surface area contributed by atoms with Crippen molar-refractivity contribution in [3.8, 4) is 0 Å². The summed E-state index contributed by atoms with van der Waals surface area (Å²) in [4.78, 5) is 10.6. The van der Waals surface area contributed by atoms with Gasteiger partial charge in [-0.05, 0) is 18.9 Å². The summed E-state index contributed by atoms with van der Waals surface area (Å²) < 4.78 is 1.43. The SMILES string of the molecule is Cl.Cn1nc(C2CC2)cc1C(=O)O. The van der Waals surface area contributed by atoms with Gasteiger partial charge in [0.2, 0.25) is 0 Å². The first-order valence-electron chi connectivity index (χ1n) is 3.95. The van der Waals surface area contributed by atoms with E-state index in [1.807, 2.05) is 0 Å². The average Bonchev–Trinajstić information content (AvgIpc) is 2.75. The van der Waals surface area contributed by atoms with Gasteiger partial charge in [0.15, 0.2) is 0 Å². The zero-order chi connectivity index (χ0) is 8.72. The van der Waals surface area contributed by atoms with Gasteiger partial charge < -0.3 is 5.11 Å². The van der Waals surface area contributed by atoms with Crippen LogP contribution in [0.5, 0.6) is 0 Å². The van der Waals surface area contributed by atoms with E-state index in [-0.39, 0.29) is 18.1 Å². The fourth-order valence-electron chi connectivity index (χ4n) is 1.27. The molecular formula is C8H11ClN2O2. The van der Waals surface area contributed by atoms with E-state index in [1.54, 1.807) is 13.1 Å². The quantitative estimate of drug-likeness (QED) is 0.789. The lowest BCUT2D eigenvalue weighted by Gasteiger charge is -1.91. The van der Waals surface area contributed by atoms with Crippen LogP contribution in [0, 0.1) is 0 Å². The number of aromatic nitrogens is 2. The van der Waals surface area contributed by atoms with E-state index in [9.17, 15) is 4.79 Å². The summed E-state index contributed by atoms with van der Waals surface area (Å²) in [6.07, 6.45) is 2.30. The van der Waals surface area contributed by atoms with Gasteiger partial charge in [0.05, 0.1) is 5.69 Å². The number of halogens is 1. The number of hydrogen-bond acceptors (Lipinski definition) is 2. The van der Waals surface area contributed by atoms with Crippen molar-refractivity contribution < 1.29 is 9.90 Å². The van der Waals surface area contributed by atoms with Crippen LogP contribution in [0.2, 0.25) is 0 Å². The Hall–Kier alpha value is -1.03. The third-order valence-corrected chi connectivity index (χ3v) is 2.11. The molecule has 5 heteroatoms. The Labute approximate surface area is 82.0 Å². The van der Waals surface area contributed by atoms with Gasteiger partial charge in [0.25, 0.3) is 0 Å². The minimum absolute atomic E-state index is 0. The van der Waals surface area contributed by atoms with Gasteiger partial charge in [-0.15, -0.1) is 12.4 Å². The lowest BCUT2D eigenvalue weighted by atomic mass is 10.3. The number of hydrogen-bond donors (Lipinski definition) is 1. The molecule has 0 radical (unpaired) electrons. The first-order valence-corrected chi connectivity index (χ1v) is 3.95. The summed E-state index contributed by atoms with van der Waals surface area (Å²) in [5, 5.41) is 12.9. The van der Waals surface area contributed by atoms with Gasteiger partial charge in [-0.3, -0.25) is 4.68 Å². The minimum atomic E-state index is -0.906. The Morgan fingerprint density at radius 1 is 1.69 bits per heavy atom. The summed E-state index contributed by atoms with van der Waals surface area (Å²) in [6, 6.07) is 1.67. The Morgan fingerprint density at radius 2 is 2.31 bits per heavy atom. The number of carbonyl (C=O) groups is 1. The Bertz CT molecular complexity index is 331.